The van der Waals surface area contributed by atoms with E-state index in [9.17, 15) is 4.39 Å². The highest BCUT2D eigenvalue weighted by Gasteiger charge is 2.26. The normalized spacial score (nSPS) is 14.5. The number of benzene rings is 1. The number of halogens is 3. The van der Waals surface area contributed by atoms with Gasteiger partial charge in [0.25, 0.3) is 0 Å². The molecule has 0 fully saturated rings. The fourth-order valence-electron chi connectivity index (χ4n) is 1.71. The van der Waals surface area contributed by atoms with Gasteiger partial charge in [-0.2, -0.15) is 0 Å². The van der Waals surface area contributed by atoms with Gasteiger partial charge in [-0.3, -0.25) is 0 Å². The van der Waals surface area contributed by atoms with Crippen LogP contribution < -0.4 is 5.73 Å². The molecule has 0 aliphatic rings. The summed E-state index contributed by atoms with van der Waals surface area (Å²) in [6, 6.07) is 2.67. The Morgan fingerprint density at radius 1 is 1.39 bits per heavy atom. The molecule has 1 atom stereocenters. The van der Waals surface area contributed by atoms with Crippen LogP contribution in [0.3, 0.4) is 0 Å². The Hall–Kier alpha value is -0.680. The summed E-state index contributed by atoms with van der Waals surface area (Å²) in [6.45, 7) is 1.79. The molecule has 0 aliphatic heterocycles. The van der Waals surface area contributed by atoms with Crippen molar-refractivity contribution in [2.75, 3.05) is 0 Å². The van der Waals surface area contributed by atoms with Crippen LogP contribution >= 0.6 is 34.5 Å². The highest BCUT2D eigenvalue weighted by Crippen LogP contribution is 2.33. The molecule has 0 saturated heterocycles. The van der Waals surface area contributed by atoms with Gasteiger partial charge in [0.1, 0.15) is 5.82 Å². The molecule has 0 radical (unpaired) electrons. The number of nitrogens with two attached hydrogens (primary N) is 1. The first-order valence-corrected chi connectivity index (χ1v) is 6.86. The Kier molecular flexibility index (Phi) is 3.92. The summed E-state index contributed by atoms with van der Waals surface area (Å²) in [5.41, 5.74) is 5.96. The van der Waals surface area contributed by atoms with Gasteiger partial charge < -0.3 is 5.73 Å². The summed E-state index contributed by atoms with van der Waals surface area (Å²) >= 11 is 13.2. The summed E-state index contributed by atoms with van der Waals surface area (Å²) in [5, 5.41) is 3.11. The average molecular weight is 305 g/mol. The van der Waals surface area contributed by atoms with Crippen LogP contribution in [0.1, 0.15) is 17.5 Å². The second kappa shape index (κ2) is 5.13. The van der Waals surface area contributed by atoms with Gasteiger partial charge >= 0.3 is 0 Å². The van der Waals surface area contributed by atoms with Gasteiger partial charge in [-0.05, 0) is 24.6 Å². The Balaban J connectivity index is 2.37. The van der Waals surface area contributed by atoms with Crippen molar-refractivity contribution in [2.45, 2.75) is 18.9 Å². The lowest BCUT2D eigenvalue weighted by molar-refractivity contribution is 0.485. The van der Waals surface area contributed by atoms with Gasteiger partial charge in [0.05, 0.1) is 10.0 Å². The number of hydrogen-bond donors (Lipinski definition) is 1. The minimum absolute atomic E-state index is 0.00574. The van der Waals surface area contributed by atoms with E-state index in [0.717, 1.165) is 5.01 Å². The van der Waals surface area contributed by atoms with Crippen LogP contribution in [0.25, 0.3) is 0 Å². The summed E-state index contributed by atoms with van der Waals surface area (Å²) in [4.78, 5) is 4.17. The van der Waals surface area contributed by atoms with E-state index < -0.39 is 11.4 Å². The number of aromatic nitrogens is 1. The van der Waals surface area contributed by atoms with Crippen LogP contribution in [0.15, 0.2) is 23.7 Å². The van der Waals surface area contributed by atoms with Crippen molar-refractivity contribution in [1.29, 1.82) is 0 Å². The highest BCUT2D eigenvalue weighted by molar-refractivity contribution is 7.09. The molecule has 1 aromatic heterocycles. The zero-order valence-corrected chi connectivity index (χ0v) is 11.9. The molecular weight excluding hydrogens is 294 g/mol. The first kappa shape index (κ1) is 13.7. The lowest BCUT2D eigenvalue weighted by Gasteiger charge is -2.25. The van der Waals surface area contributed by atoms with Crippen molar-refractivity contribution < 1.29 is 4.39 Å². The molecule has 96 valence electrons. The minimum atomic E-state index is -0.791. The molecule has 0 saturated carbocycles. The van der Waals surface area contributed by atoms with Crippen molar-refractivity contribution in [3.8, 4) is 0 Å². The average Bonchev–Trinajstić information content (AvgIpc) is 2.75. The van der Waals surface area contributed by atoms with E-state index in [1.165, 1.54) is 23.5 Å². The molecule has 2 N–H and O–H groups in total. The summed E-state index contributed by atoms with van der Waals surface area (Å²) in [6.07, 6.45) is 2.20. The van der Waals surface area contributed by atoms with E-state index in [1.54, 1.807) is 13.1 Å². The number of nitrogens with zero attached hydrogens (tertiary/aromatic N) is 1. The molecule has 0 spiro atoms. The lowest BCUT2D eigenvalue weighted by atomic mass is 9.90. The maximum Gasteiger partial charge on any atom is 0.142 e. The molecular formula is C12H11Cl2FN2S. The van der Waals surface area contributed by atoms with Gasteiger partial charge in [0.15, 0.2) is 0 Å². The summed E-state index contributed by atoms with van der Waals surface area (Å²) in [7, 11) is 0. The molecule has 2 aromatic rings. The van der Waals surface area contributed by atoms with E-state index in [2.05, 4.69) is 4.98 Å². The van der Waals surface area contributed by atoms with E-state index in [-0.39, 0.29) is 5.02 Å². The smallest absolute Gasteiger partial charge is 0.142 e. The predicted octanol–water partition coefficient (Wildman–Crippen LogP) is 4.01. The molecule has 2 rings (SSSR count). The molecule has 0 aliphatic carbocycles. The largest absolute Gasteiger partial charge is 0.321 e. The molecule has 6 heteroatoms. The molecule has 1 aromatic carbocycles. The van der Waals surface area contributed by atoms with Gasteiger partial charge in [0.2, 0.25) is 0 Å². The molecule has 1 heterocycles. The zero-order chi connectivity index (χ0) is 13.3. The van der Waals surface area contributed by atoms with Crippen LogP contribution in [0.2, 0.25) is 10.0 Å². The van der Waals surface area contributed by atoms with Crippen LogP contribution in [-0.4, -0.2) is 4.98 Å². The van der Waals surface area contributed by atoms with E-state index in [0.29, 0.717) is 17.0 Å². The molecule has 2 nitrogen and oxygen atoms in total. The summed E-state index contributed by atoms with van der Waals surface area (Å²) < 4.78 is 13.5. The van der Waals surface area contributed by atoms with Crippen molar-refractivity contribution in [3.05, 3.63) is 50.1 Å². The predicted molar refractivity (Wildman–Crippen MR) is 73.8 cm³/mol. The lowest BCUT2D eigenvalue weighted by Crippen LogP contribution is -2.36. The van der Waals surface area contributed by atoms with Gasteiger partial charge in [-0.1, -0.05) is 23.2 Å². The minimum Gasteiger partial charge on any atom is -0.321 e. The fourth-order valence-corrected chi connectivity index (χ4v) is 3.09. The van der Waals surface area contributed by atoms with Crippen LogP contribution in [0.5, 0.6) is 0 Å². The second-order valence-electron chi connectivity index (χ2n) is 4.27. The quantitative estimate of drug-likeness (QED) is 0.870. The number of rotatable bonds is 3. The van der Waals surface area contributed by atoms with Crippen molar-refractivity contribution >= 4 is 34.5 Å². The van der Waals surface area contributed by atoms with Crippen LogP contribution in [0.4, 0.5) is 4.39 Å². The van der Waals surface area contributed by atoms with Crippen molar-refractivity contribution in [2.24, 2.45) is 5.73 Å². The number of thiazole rings is 1. The van der Waals surface area contributed by atoms with Gasteiger partial charge in [0, 0.05) is 28.6 Å². The van der Waals surface area contributed by atoms with Crippen molar-refractivity contribution in [1.82, 2.24) is 4.98 Å². The topological polar surface area (TPSA) is 38.9 Å². The Labute approximate surface area is 119 Å². The SMILES string of the molecule is CC(N)(Cc1nccs1)c1cc(F)c(Cl)cc1Cl. The van der Waals surface area contributed by atoms with Gasteiger partial charge in [-0.25, -0.2) is 9.37 Å². The summed E-state index contributed by atoms with van der Waals surface area (Å²) in [5.74, 6) is -0.521. The Bertz CT molecular complexity index is 555. The molecule has 18 heavy (non-hydrogen) atoms. The van der Waals surface area contributed by atoms with Gasteiger partial charge in [-0.15, -0.1) is 11.3 Å². The number of hydrogen-bond acceptors (Lipinski definition) is 3. The second-order valence-corrected chi connectivity index (χ2v) is 6.06. The molecule has 0 bridgehead atoms. The van der Waals surface area contributed by atoms with Crippen molar-refractivity contribution in [3.63, 3.8) is 0 Å². The third-order valence-corrected chi connectivity index (χ3v) is 4.01. The molecule has 1 unspecified atom stereocenters. The fraction of sp³-hybridized carbons (Fsp3) is 0.250. The van der Waals surface area contributed by atoms with E-state index >= 15 is 0 Å². The monoisotopic (exact) mass is 304 g/mol. The highest BCUT2D eigenvalue weighted by atomic mass is 35.5. The van der Waals surface area contributed by atoms with E-state index in [1.807, 2.05) is 5.38 Å². The Morgan fingerprint density at radius 3 is 2.72 bits per heavy atom. The zero-order valence-electron chi connectivity index (χ0n) is 9.58. The third-order valence-electron chi connectivity index (χ3n) is 2.63. The van der Waals surface area contributed by atoms with Crippen LogP contribution in [-0.2, 0) is 12.0 Å². The van der Waals surface area contributed by atoms with E-state index in [4.69, 9.17) is 28.9 Å². The van der Waals surface area contributed by atoms with Crippen LogP contribution in [0, 0.1) is 5.82 Å². The Morgan fingerprint density at radius 2 is 2.11 bits per heavy atom. The maximum atomic E-state index is 13.5. The first-order chi connectivity index (χ1) is 8.40. The standard InChI is InChI=1S/C12H11Cl2FN2S/c1-12(16,6-11-17-2-3-18-11)7-4-10(15)9(14)5-8(7)13/h2-5H,6,16H2,1H3. The third kappa shape index (κ3) is 2.83. The molecule has 0 amide bonds. The first-order valence-electron chi connectivity index (χ1n) is 5.22. The maximum absolute atomic E-state index is 13.5.